The number of piperidine rings is 1. The molecule has 21 heavy (non-hydrogen) atoms. The van der Waals surface area contributed by atoms with Crippen molar-refractivity contribution in [1.29, 1.82) is 0 Å². The summed E-state index contributed by atoms with van der Waals surface area (Å²) in [5.74, 6) is 0.470. The SMILES string of the molecule is CCCN1CCC(C(C)Nc2cc(F)c(Br)cc2C)CC1. The molecule has 0 saturated carbocycles. The second-order valence-electron chi connectivity index (χ2n) is 6.19. The van der Waals surface area contributed by atoms with Crippen molar-refractivity contribution in [1.82, 2.24) is 4.90 Å². The molecule has 118 valence electrons. The molecule has 0 aromatic heterocycles. The van der Waals surface area contributed by atoms with E-state index in [1.807, 2.05) is 13.0 Å². The first-order valence-corrected chi connectivity index (χ1v) is 8.75. The van der Waals surface area contributed by atoms with Crippen LogP contribution in [-0.2, 0) is 0 Å². The Morgan fingerprint density at radius 2 is 2.05 bits per heavy atom. The van der Waals surface area contributed by atoms with Gasteiger partial charge < -0.3 is 10.2 Å². The lowest BCUT2D eigenvalue weighted by molar-refractivity contribution is 0.176. The molecule has 2 nitrogen and oxygen atoms in total. The lowest BCUT2D eigenvalue weighted by Gasteiger charge is -2.35. The van der Waals surface area contributed by atoms with Crippen LogP contribution in [0.25, 0.3) is 0 Å². The molecule has 1 aromatic carbocycles. The Hall–Kier alpha value is -0.610. The summed E-state index contributed by atoms with van der Waals surface area (Å²) in [4.78, 5) is 2.55. The van der Waals surface area contributed by atoms with Gasteiger partial charge in [-0.1, -0.05) is 6.92 Å². The fourth-order valence-corrected chi connectivity index (χ4v) is 3.62. The molecule has 0 bridgehead atoms. The summed E-state index contributed by atoms with van der Waals surface area (Å²) in [6.07, 6.45) is 3.69. The number of likely N-dealkylation sites (tertiary alicyclic amines) is 1. The van der Waals surface area contributed by atoms with Crippen LogP contribution in [0.1, 0.15) is 38.7 Å². The van der Waals surface area contributed by atoms with Gasteiger partial charge in [0.25, 0.3) is 0 Å². The van der Waals surface area contributed by atoms with Crippen molar-refractivity contribution >= 4 is 21.6 Å². The summed E-state index contributed by atoms with van der Waals surface area (Å²) in [6.45, 7) is 10.1. The van der Waals surface area contributed by atoms with Crippen molar-refractivity contribution in [3.63, 3.8) is 0 Å². The average Bonchev–Trinajstić information content (AvgIpc) is 2.46. The first-order chi connectivity index (χ1) is 10.0. The molecule has 1 heterocycles. The van der Waals surface area contributed by atoms with E-state index in [1.54, 1.807) is 6.07 Å². The highest BCUT2D eigenvalue weighted by atomic mass is 79.9. The zero-order valence-electron chi connectivity index (χ0n) is 13.3. The Morgan fingerprint density at radius 3 is 2.67 bits per heavy atom. The number of anilines is 1. The average molecular weight is 357 g/mol. The quantitative estimate of drug-likeness (QED) is 0.813. The standard InChI is InChI=1S/C17H26BrFN2/c1-4-7-21-8-5-14(6-9-21)13(3)20-17-11-16(19)15(18)10-12(17)2/h10-11,13-14,20H,4-9H2,1-3H3. The number of benzene rings is 1. The van der Waals surface area contributed by atoms with Crippen LogP contribution in [0.2, 0.25) is 0 Å². The van der Waals surface area contributed by atoms with Crippen molar-refractivity contribution in [2.45, 2.75) is 46.1 Å². The van der Waals surface area contributed by atoms with Crippen LogP contribution in [0.15, 0.2) is 16.6 Å². The summed E-state index contributed by atoms with van der Waals surface area (Å²) in [7, 11) is 0. The zero-order chi connectivity index (χ0) is 15.4. The Bertz CT molecular complexity index is 470. The highest BCUT2D eigenvalue weighted by Crippen LogP contribution is 2.27. The van der Waals surface area contributed by atoms with Gasteiger partial charge in [0.2, 0.25) is 0 Å². The summed E-state index contributed by atoms with van der Waals surface area (Å²) >= 11 is 3.24. The van der Waals surface area contributed by atoms with Crippen LogP contribution in [0, 0.1) is 18.7 Å². The topological polar surface area (TPSA) is 15.3 Å². The summed E-state index contributed by atoms with van der Waals surface area (Å²) in [5, 5.41) is 3.52. The maximum Gasteiger partial charge on any atom is 0.139 e. The van der Waals surface area contributed by atoms with E-state index in [0.29, 0.717) is 16.4 Å². The molecule has 0 amide bonds. The van der Waals surface area contributed by atoms with E-state index in [0.717, 1.165) is 11.3 Å². The van der Waals surface area contributed by atoms with Crippen LogP contribution >= 0.6 is 15.9 Å². The van der Waals surface area contributed by atoms with Crippen molar-refractivity contribution in [3.8, 4) is 0 Å². The molecule has 1 fully saturated rings. The van der Waals surface area contributed by atoms with E-state index >= 15 is 0 Å². The van der Waals surface area contributed by atoms with Crippen molar-refractivity contribution in [2.24, 2.45) is 5.92 Å². The number of nitrogens with one attached hydrogen (secondary N) is 1. The highest BCUT2D eigenvalue weighted by Gasteiger charge is 2.23. The summed E-state index contributed by atoms with van der Waals surface area (Å²) < 4.78 is 14.2. The minimum atomic E-state index is -0.201. The van der Waals surface area contributed by atoms with Crippen molar-refractivity contribution < 1.29 is 4.39 Å². The maximum absolute atomic E-state index is 13.7. The van der Waals surface area contributed by atoms with Crippen LogP contribution in [0.4, 0.5) is 10.1 Å². The molecule has 2 rings (SSSR count). The smallest absolute Gasteiger partial charge is 0.139 e. The molecule has 1 aliphatic rings. The van der Waals surface area contributed by atoms with Crippen LogP contribution in [0.5, 0.6) is 0 Å². The van der Waals surface area contributed by atoms with E-state index in [4.69, 9.17) is 0 Å². The monoisotopic (exact) mass is 356 g/mol. The molecule has 0 spiro atoms. The van der Waals surface area contributed by atoms with Crippen molar-refractivity contribution in [2.75, 3.05) is 25.0 Å². The Balaban J connectivity index is 1.93. The first kappa shape index (κ1) is 16.8. The molecule has 4 heteroatoms. The summed E-state index contributed by atoms with van der Waals surface area (Å²) in [5.41, 5.74) is 2.00. The van der Waals surface area contributed by atoms with Gasteiger partial charge in [-0.15, -0.1) is 0 Å². The van der Waals surface area contributed by atoms with Gasteiger partial charge in [0.15, 0.2) is 0 Å². The number of halogens is 2. The zero-order valence-corrected chi connectivity index (χ0v) is 14.8. The minimum Gasteiger partial charge on any atom is -0.382 e. The van der Waals surface area contributed by atoms with Crippen LogP contribution in [-0.4, -0.2) is 30.6 Å². The van der Waals surface area contributed by atoms with E-state index < -0.39 is 0 Å². The number of aryl methyl sites for hydroxylation is 1. The fourth-order valence-electron chi connectivity index (χ4n) is 3.16. The van der Waals surface area contributed by atoms with Gasteiger partial charge in [0.1, 0.15) is 5.82 Å². The van der Waals surface area contributed by atoms with Gasteiger partial charge >= 0.3 is 0 Å². The Kier molecular flexibility index (Phi) is 6.06. The van der Waals surface area contributed by atoms with E-state index in [-0.39, 0.29) is 5.82 Å². The molecular weight excluding hydrogens is 331 g/mol. The van der Waals surface area contributed by atoms with Crippen molar-refractivity contribution in [3.05, 3.63) is 28.0 Å². The Morgan fingerprint density at radius 1 is 1.38 bits per heavy atom. The molecule has 1 N–H and O–H groups in total. The lowest BCUT2D eigenvalue weighted by Crippen LogP contribution is -2.39. The molecule has 0 aliphatic carbocycles. The third-order valence-corrected chi connectivity index (χ3v) is 5.14. The van der Waals surface area contributed by atoms with E-state index in [1.165, 1.54) is 38.9 Å². The second-order valence-corrected chi connectivity index (χ2v) is 7.05. The molecule has 1 unspecified atom stereocenters. The molecule has 0 radical (unpaired) electrons. The number of hydrogen-bond acceptors (Lipinski definition) is 2. The van der Waals surface area contributed by atoms with Crippen LogP contribution in [0.3, 0.4) is 0 Å². The molecule has 1 saturated heterocycles. The number of rotatable bonds is 5. The van der Waals surface area contributed by atoms with Gasteiger partial charge in [-0.25, -0.2) is 4.39 Å². The largest absolute Gasteiger partial charge is 0.382 e. The van der Waals surface area contributed by atoms with Gasteiger partial charge in [-0.2, -0.15) is 0 Å². The molecule has 1 aliphatic heterocycles. The number of nitrogens with zero attached hydrogens (tertiary/aromatic N) is 1. The lowest BCUT2D eigenvalue weighted by atomic mass is 9.90. The third-order valence-electron chi connectivity index (χ3n) is 4.53. The second kappa shape index (κ2) is 7.59. The van der Waals surface area contributed by atoms with Gasteiger partial charge in [-0.3, -0.25) is 0 Å². The van der Waals surface area contributed by atoms with E-state index in [9.17, 15) is 4.39 Å². The third kappa shape index (κ3) is 4.43. The predicted octanol–water partition coefficient (Wildman–Crippen LogP) is 4.82. The Labute approximate surface area is 136 Å². The van der Waals surface area contributed by atoms with E-state index in [2.05, 4.69) is 40.0 Å². The van der Waals surface area contributed by atoms with Crippen LogP contribution < -0.4 is 5.32 Å². The van der Waals surface area contributed by atoms with Gasteiger partial charge in [-0.05, 0) is 92.3 Å². The minimum absolute atomic E-state index is 0.201. The molecular formula is C17H26BrFN2. The highest BCUT2D eigenvalue weighted by molar-refractivity contribution is 9.10. The van der Waals surface area contributed by atoms with Gasteiger partial charge in [0.05, 0.1) is 4.47 Å². The summed E-state index contributed by atoms with van der Waals surface area (Å²) in [6, 6.07) is 3.82. The number of hydrogen-bond donors (Lipinski definition) is 1. The maximum atomic E-state index is 13.7. The normalized spacial score (nSPS) is 18.7. The molecule has 1 aromatic rings. The predicted molar refractivity (Wildman–Crippen MR) is 91.4 cm³/mol. The molecule has 1 atom stereocenters. The first-order valence-electron chi connectivity index (χ1n) is 7.95. The van der Waals surface area contributed by atoms with Gasteiger partial charge in [0, 0.05) is 11.7 Å². The fraction of sp³-hybridized carbons (Fsp3) is 0.647.